The highest BCUT2D eigenvalue weighted by Gasteiger charge is 2.29. The zero-order valence-corrected chi connectivity index (χ0v) is 20.8. The normalized spacial score (nSPS) is 12.5. The molecule has 0 aromatic heterocycles. The van der Waals surface area contributed by atoms with E-state index in [9.17, 15) is 17.6 Å². The van der Waals surface area contributed by atoms with E-state index in [1.165, 1.54) is 6.07 Å². The Morgan fingerprint density at radius 2 is 1.71 bits per heavy atom. The summed E-state index contributed by atoms with van der Waals surface area (Å²) in [6, 6.07) is 20.8. The summed E-state index contributed by atoms with van der Waals surface area (Å²) in [5.41, 5.74) is 3.96. The summed E-state index contributed by atoms with van der Waals surface area (Å²) in [6.45, 7) is 4.53. The lowest BCUT2D eigenvalue weighted by atomic mass is 9.93. The molecule has 4 rings (SSSR count). The Kier molecular flexibility index (Phi) is 8.47. The van der Waals surface area contributed by atoms with Crippen LogP contribution in [-0.4, -0.2) is 19.4 Å². The second-order valence-electron chi connectivity index (χ2n) is 8.99. The van der Waals surface area contributed by atoms with Crippen molar-refractivity contribution in [3.63, 3.8) is 0 Å². The van der Waals surface area contributed by atoms with E-state index in [0.717, 1.165) is 34.2 Å². The average Bonchev–Trinajstić information content (AvgIpc) is 2.90. The molecule has 0 amide bonds. The van der Waals surface area contributed by atoms with Gasteiger partial charge in [-0.05, 0) is 71.2 Å². The van der Waals surface area contributed by atoms with Crippen LogP contribution in [0.5, 0.6) is 5.75 Å². The first-order valence-electron chi connectivity index (χ1n) is 12.2. The topological polar surface area (TPSA) is 18.5 Å². The Bertz CT molecular complexity index is 1430. The predicted octanol–water partition coefficient (Wildman–Crippen LogP) is 8.77. The van der Waals surface area contributed by atoms with Crippen molar-refractivity contribution < 1.29 is 31.4 Å². The molecule has 198 valence electrons. The summed E-state index contributed by atoms with van der Waals surface area (Å²) in [7, 11) is 0. The van der Waals surface area contributed by atoms with E-state index in [4.69, 9.17) is 4.74 Å². The van der Waals surface area contributed by atoms with Crippen molar-refractivity contribution in [3.8, 4) is 16.9 Å². The van der Waals surface area contributed by atoms with Gasteiger partial charge in [0.1, 0.15) is 5.82 Å². The van der Waals surface area contributed by atoms with Gasteiger partial charge in [0.05, 0.1) is 12.7 Å². The summed E-state index contributed by atoms with van der Waals surface area (Å²) >= 11 is 0. The van der Waals surface area contributed by atoms with E-state index in [-0.39, 0.29) is 11.9 Å². The van der Waals surface area contributed by atoms with Crippen LogP contribution < -0.4 is 4.74 Å². The number of hydrogen-bond acceptors (Lipinski definition) is 2. The Morgan fingerprint density at radius 1 is 0.921 bits per heavy atom. The molecule has 0 spiro atoms. The summed E-state index contributed by atoms with van der Waals surface area (Å²) in [5.74, 6) is -1.71. The van der Waals surface area contributed by atoms with Gasteiger partial charge in [0.15, 0.2) is 18.2 Å². The Morgan fingerprint density at radius 3 is 2.45 bits per heavy atom. The lowest BCUT2D eigenvalue weighted by molar-refractivity contribution is -0.153. The van der Waals surface area contributed by atoms with Crippen molar-refractivity contribution in [2.75, 3.05) is 13.2 Å². The predicted molar refractivity (Wildman–Crippen MR) is 139 cm³/mol. The van der Waals surface area contributed by atoms with Crippen molar-refractivity contribution in [2.24, 2.45) is 0 Å². The lowest BCUT2D eigenvalue weighted by Gasteiger charge is -2.17. The lowest BCUT2D eigenvalue weighted by Crippen LogP contribution is -2.19. The van der Waals surface area contributed by atoms with Gasteiger partial charge in [-0.25, -0.2) is 8.78 Å². The van der Waals surface area contributed by atoms with Crippen molar-refractivity contribution in [3.05, 3.63) is 114 Å². The van der Waals surface area contributed by atoms with E-state index in [1.807, 2.05) is 49.4 Å². The molecule has 0 aliphatic heterocycles. The largest absolute Gasteiger partial charge is 0.481 e. The number of benzene rings is 4. The molecule has 38 heavy (non-hydrogen) atoms. The Labute approximate surface area is 218 Å². The van der Waals surface area contributed by atoms with Crippen LogP contribution in [0.2, 0.25) is 0 Å². The molecule has 0 saturated heterocycles. The summed E-state index contributed by atoms with van der Waals surface area (Å²) in [5, 5.41) is 1.22. The summed E-state index contributed by atoms with van der Waals surface area (Å²) < 4.78 is 76.8. The summed E-state index contributed by atoms with van der Waals surface area (Å²) in [6.07, 6.45) is -2.39. The van der Waals surface area contributed by atoms with E-state index in [1.54, 1.807) is 18.2 Å². The van der Waals surface area contributed by atoms with Crippen LogP contribution in [-0.2, 0) is 17.6 Å². The van der Waals surface area contributed by atoms with Crippen LogP contribution in [0.4, 0.5) is 22.0 Å². The van der Waals surface area contributed by atoms with Gasteiger partial charge < -0.3 is 9.47 Å². The Balaban J connectivity index is 1.51. The monoisotopic (exact) mass is 526 g/mol. The van der Waals surface area contributed by atoms with Crippen LogP contribution in [0.25, 0.3) is 21.9 Å². The van der Waals surface area contributed by atoms with Gasteiger partial charge in [-0.3, -0.25) is 0 Å². The van der Waals surface area contributed by atoms with E-state index >= 15 is 4.39 Å². The molecule has 7 heteroatoms. The highest BCUT2D eigenvalue weighted by Crippen LogP contribution is 2.33. The second kappa shape index (κ2) is 11.8. The van der Waals surface area contributed by atoms with Crippen molar-refractivity contribution in [1.29, 1.82) is 0 Å². The zero-order valence-electron chi connectivity index (χ0n) is 20.8. The number of ether oxygens (including phenoxy) is 2. The quantitative estimate of drug-likeness (QED) is 0.152. The molecule has 1 unspecified atom stereocenters. The molecule has 0 bridgehead atoms. The molecule has 0 radical (unpaired) electrons. The third-order valence-corrected chi connectivity index (χ3v) is 6.28. The van der Waals surface area contributed by atoms with Gasteiger partial charge in [0.25, 0.3) is 0 Å². The first-order chi connectivity index (χ1) is 18.2. The molecule has 0 fully saturated rings. The molecule has 2 nitrogen and oxygen atoms in total. The van der Waals surface area contributed by atoms with E-state index < -0.39 is 24.3 Å². The molecule has 0 saturated carbocycles. The van der Waals surface area contributed by atoms with Gasteiger partial charge in [0.2, 0.25) is 0 Å². The highest BCUT2D eigenvalue weighted by molar-refractivity contribution is 5.89. The highest BCUT2D eigenvalue weighted by atomic mass is 19.4. The number of alkyl halides is 3. The number of halogens is 5. The van der Waals surface area contributed by atoms with E-state index in [2.05, 4.69) is 11.3 Å². The third kappa shape index (κ3) is 6.58. The molecule has 1 atom stereocenters. The minimum atomic E-state index is -4.55. The molecule has 0 heterocycles. The zero-order chi connectivity index (χ0) is 27.3. The van der Waals surface area contributed by atoms with Crippen molar-refractivity contribution in [1.82, 2.24) is 0 Å². The van der Waals surface area contributed by atoms with Crippen LogP contribution in [0.3, 0.4) is 0 Å². The number of rotatable bonds is 10. The first kappa shape index (κ1) is 27.3. The van der Waals surface area contributed by atoms with Gasteiger partial charge in [-0.1, -0.05) is 60.7 Å². The van der Waals surface area contributed by atoms with Gasteiger partial charge in [-0.15, -0.1) is 6.58 Å². The fraction of sp³-hybridized carbons (Fsp3) is 0.226. The van der Waals surface area contributed by atoms with Crippen LogP contribution in [0, 0.1) is 11.6 Å². The van der Waals surface area contributed by atoms with Crippen LogP contribution in [0.15, 0.2) is 85.5 Å². The summed E-state index contributed by atoms with van der Waals surface area (Å²) in [4.78, 5) is 0. The standard InChI is InChI=1S/C31H27F5O2/c1-3-16-37-20(2)25-6-4-5-7-26(25)23-13-14-27-24(18-23)12-11-22(30(27)33)10-8-21-9-15-29(28(32)17-21)38-19-31(34,35)36/h3-7,9,11-15,17-18,20H,1,8,10,16,19H2,2H3. The minimum Gasteiger partial charge on any atom is -0.481 e. The maximum absolute atomic E-state index is 15.4. The third-order valence-electron chi connectivity index (χ3n) is 6.28. The molecule has 4 aromatic carbocycles. The number of fused-ring (bicyclic) bond motifs is 1. The van der Waals surface area contributed by atoms with Crippen molar-refractivity contribution >= 4 is 10.8 Å². The number of hydrogen-bond donors (Lipinski definition) is 0. The fourth-order valence-electron chi connectivity index (χ4n) is 4.37. The average molecular weight is 527 g/mol. The van der Waals surface area contributed by atoms with Crippen LogP contribution in [0.1, 0.15) is 29.7 Å². The fourth-order valence-corrected chi connectivity index (χ4v) is 4.37. The second-order valence-corrected chi connectivity index (χ2v) is 8.99. The molecular formula is C31H27F5O2. The maximum Gasteiger partial charge on any atom is 0.422 e. The van der Waals surface area contributed by atoms with Gasteiger partial charge in [0, 0.05) is 5.39 Å². The SMILES string of the molecule is C=CCOC(C)c1ccccc1-c1ccc2c(F)c(CCc3ccc(OCC(F)(F)F)c(F)c3)ccc2c1. The molecule has 0 N–H and O–H groups in total. The van der Waals surface area contributed by atoms with E-state index in [0.29, 0.717) is 36.0 Å². The van der Waals surface area contributed by atoms with Crippen molar-refractivity contribution in [2.45, 2.75) is 32.0 Å². The first-order valence-corrected chi connectivity index (χ1v) is 12.2. The molecule has 4 aromatic rings. The Hall–Kier alpha value is -3.71. The molecule has 0 aliphatic rings. The number of aryl methyl sites for hydroxylation is 2. The smallest absolute Gasteiger partial charge is 0.422 e. The van der Waals surface area contributed by atoms with Gasteiger partial charge >= 0.3 is 6.18 Å². The van der Waals surface area contributed by atoms with Crippen LogP contribution >= 0.6 is 0 Å². The maximum atomic E-state index is 15.4. The molecular weight excluding hydrogens is 499 g/mol. The minimum absolute atomic E-state index is 0.144. The van der Waals surface area contributed by atoms with Gasteiger partial charge in [-0.2, -0.15) is 13.2 Å². The molecule has 0 aliphatic carbocycles.